The van der Waals surface area contributed by atoms with Gasteiger partial charge in [0.2, 0.25) is 5.91 Å². The van der Waals surface area contributed by atoms with Crippen LogP contribution in [0.15, 0.2) is 91.0 Å². The van der Waals surface area contributed by atoms with Gasteiger partial charge in [0.1, 0.15) is 0 Å². The van der Waals surface area contributed by atoms with E-state index in [1.165, 1.54) is 10.5 Å². The maximum absolute atomic E-state index is 14.5. The molecular weight excluding hydrogens is 496 g/mol. The zero-order valence-electron chi connectivity index (χ0n) is 22.9. The molecule has 1 aliphatic heterocycles. The average molecular weight is 529 g/mol. The largest absolute Gasteiger partial charge is 0.312 e. The van der Waals surface area contributed by atoms with Crippen molar-refractivity contribution in [3.05, 3.63) is 119 Å². The average Bonchev–Trinajstić information content (AvgIpc) is 3.46. The highest BCUT2D eigenvalue weighted by Crippen LogP contribution is 2.48. The summed E-state index contributed by atoms with van der Waals surface area (Å²) in [6.07, 6.45) is 3.91. The van der Waals surface area contributed by atoms with E-state index in [-0.39, 0.29) is 23.6 Å². The topological polar surface area (TPSA) is 57.7 Å². The molecule has 1 aliphatic carbocycles. The van der Waals surface area contributed by atoms with Crippen LogP contribution in [-0.2, 0) is 11.2 Å². The molecular formula is C35H32N2O3. The molecule has 4 aromatic rings. The molecule has 0 aromatic heterocycles. The van der Waals surface area contributed by atoms with Crippen LogP contribution in [0.3, 0.4) is 0 Å². The number of unbranched alkanes of at least 4 members (excludes halogenated alkanes) is 1. The Morgan fingerprint density at radius 2 is 1.35 bits per heavy atom. The first kappa shape index (κ1) is 25.8. The molecule has 1 atom stereocenters. The van der Waals surface area contributed by atoms with Gasteiger partial charge >= 0.3 is 0 Å². The van der Waals surface area contributed by atoms with Crippen LogP contribution in [0.2, 0.25) is 0 Å². The van der Waals surface area contributed by atoms with Gasteiger partial charge in [-0.1, -0.05) is 74.9 Å². The van der Waals surface area contributed by atoms with E-state index in [0.29, 0.717) is 23.4 Å². The summed E-state index contributed by atoms with van der Waals surface area (Å²) >= 11 is 0. The highest BCUT2D eigenvalue weighted by atomic mass is 16.2. The smallest absolute Gasteiger partial charge is 0.266 e. The van der Waals surface area contributed by atoms with E-state index in [0.717, 1.165) is 53.6 Å². The first-order valence-corrected chi connectivity index (χ1v) is 14.2. The fourth-order valence-electron chi connectivity index (χ4n) is 6.13. The normalized spacial score (nSPS) is 15.2. The van der Waals surface area contributed by atoms with E-state index in [9.17, 15) is 14.4 Å². The minimum atomic E-state index is -0.373. The minimum absolute atomic E-state index is 0.0467. The van der Waals surface area contributed by atoms with Gasteiger partial charge in [0.05, 0.1) is 22.7 Å². The zero-order chi connectivity index (χ0) is 27.8. The molecule has 1 unspecified atom stereocenters. The number of carbonyl (C=O) groups excluding carboxylic acids is 3. The Labute approximate surface area is 235 Å². The summed E-state index contributed by atoms with van der Waals surface area (Å²) in [6.45, 7) is 4.82. The molecule has 4 aromatic carbocycles. The van der Waals surface area contributed by atoms with E-state index in [4.69, 9.17) is 0 Å². The van der Waals surface area contributed by atoms with E-state index in [1.54, 1.807) is 36.4 Å². The van der Waals surface area contributed by atoms with E-state index in [2.05, 4.69) is 44.2 Å². The van der Waals surface area contributed by atoms with Crippen LogP contribution < -0.4 is 9.80 Å². The number of anilines is 2. The molecule has 0 bridgehead atoms. The third kappa shape index (κ3) is 4.13. The number of aryl methyl sites for hydroxylation is 1. The standard InChI is InChI=1S/C35H32N2O3/c1-3-5-11-23-12-10-17-27-26-13-6-7-14-28(26)32(31(23)27)35(40)36(22-4-2)24-18-20-25(21-19-24)37-33(38)29-15-8-9-16-30(29)34(37)39/h6-10,12-21,32H,3-5,11,22H2,1-2H3. The predicted molar refractivity (Wildman–Crippen MR) is 159 cm³/mol. The molecule has 0 spiro atoms. The quantitative estimate of drug-likeness (QED) is 0.224. The van der Waals surface area contributed by atoms with Crippen molar-refractivity contribution >= 4 is 29.1 Å². The van der Waals surface area contributed by atoms with Gasteiger partial charge in [-0.15, -0.1) is 0 Å². The Morgan fingerprint density at radius 1 is 0.725 bits per heavy atom. The third-order valence-electron chi connectivity index (χ3n) is 8.02. The highest BCUT2D eigenvalue weighted by Gasteiger charge is 2.39. The van der Waals surface area contributed by atoms with Gasteiger partial charge in [-0.05, 0) is 83.5 Å². The number of imide groups is 1. The number of amides is 3. The second kappa shape index (κ2) is 10.6. The molecule has 5 heteroatoms. The monoisotopic (exact) mass is 528 g/mol. The van der Waals surface area contributed by atoms with Crippen molar-refractivity contribution in [1.29, 1.82) is 0 Å². The fourth-order valence-corrected chi connectivity index (χ4v) is 6.13. The van der Waals surface area contributed by atoms with Crippen LogP contribution in [0.5, 0.6) is 0 Å². The van der Waals surface area contributed by atoms with Crippen molar-refractivity contribution in [2.75, 3.05) is 16.3 Å². The number of rotatable bonds is 8. The van der Waals surface area contributed by atoms with Gasteiger partial charge in [0.15, 0.2) is 0 Å². The number of hydrogen-bond acceptors (Lipinski definition) is 3. The molecule has 40 heavy (non-hydrogen) atoms. The lowest BCUT2D eigenvalue weighted by molar-refractivity contribution is -0.119. The van der Waals surface area contributed by atoms with Crippen molar-refractivity contribution in [3.8, 4) is 11.1 Å². The van der Waals surface area contributed by atoms with Crippen molar-refractivity contribution in [1.82, 2.24) is 0 Å². The Bertz CT molecular complexity index is 1590. The maximum atomic E-state index is 14.5. The van der Waals surface area contributed by atoms with Crippen LogP contribution in [0.4, 0.5) is 11.4 Å². The molecule has 1 heterocycles. The van der Waals surface area contributed by atoms with Crippen molar-refractivity contribution in [2.24, 2.45) is 0 Å². The molecule has 0 N–H and O–H groups in total. The molecule has 5 nitrogen and oxygen atoms in total. The molecule has 3 amide bonds. The molecule has 0 saturated heterocycles. The SMILES string of the molecule is CCCCc1cccc2c1C(C(=O)N(CCC)c1ccc(N3C(=O)c4ccccc4C3=O)cc1)c1ccccc1-2. The fraction of sp³-hybridized carbons (Fsp3) is 0.229. The molecule has 0 radical (unpaired) electrons. The predicted octanol–water partition coefficient (Wildman–Crippen LogP) is 7.39. The maximum Gasteiger partial charge on any atom is 0.266 e. The van der Waals surface area contributed by atoms with Crippen LogP contribution in [-0.4, -0.2) is 24.3 Å². The second-order valence-electron chi connectivity index (χ2n) is 10.5. The molecule has 0 saturated carbocycles. The summed E-state index contributed by atoms with van der Waals surface area (Å²) in [5.41, 5.74) is 7.79. The third-order valence-corrected chi connectivity index (χ3v) is 8.02. The molecule has 0 fully saturated rings. The van der Waals surface area contributed by atoms with Gasteiger partial charge in [-0.25, -0.2) is 4.90 Å². The van der Waals surface area contributed by atoms with Crippen LogP contribution in [0.1, 0.15) is 76.4 Å². The van der Waals surface area contributed by atoms with E-state index in [1.807, 2.05) is 29.2 Å². The Hall–Kier alpha value is -4.51. The lowest BCUT2D eigenvalue weighted by Crippen LogP contribution is -2.36. The highest BCUT2D eigenvalue weighted by molar-refractivity contribution is 6.34. The number of fused-ring (bicyclic) bond motifs is 4. The van der Waals surface area contributed by atoms with Crippen LogP contribution in [0.25, 0.3) is 11.1 Å². The molecule has 200 valence electrons. The summed E-state index contributed by atoms with van der Waals surface area (Å²) < 4.78 is 0. The lowest BCUT2D eigenvalue weighted by Gasteiger charge is -2.28. The lowest BCUT2D eigenvalue weighted by atomic mass is 9.89. The van der Waals surface area contributed by atoms with E-state index < -0.39 is 0 Å². The van der Waals surface area contributed by atoms with Gasteiger partial charge < -0.3 is 4.90 Å². The van der Waals surface area contributed by atoms with E-state index >= 15 is 0 Å². The van der Waals surface area contributed by atoms with Crippen LogP contribution >= 0.6 is 0 Å². The zero-order valence-corrected chi connectivity index (χ0v) is 22.9. The number of carbonyl (C=O) groups is 3. The molecule has 2 aliphatic rings. The number of nitrogens with zero attached hydrogens (tertiary/aromatic N) is 2. The van der Waals surface area contributed by atoms with Gasteiger partial charge in [0, 0.05) is 12.2 Å². The first-order valence-electron chi connectivity index (χ1n) is 14.2. The Kier molecular flexibility index (Phi) is 6.81. The summed E-state index contributed by atoms with van der Waals surface area (Å²) in [6, 6.07) is 28.7. The first-order chi connectivity index (χ1) is 19.5. The van der Waals surface area contributed by atoms with Gasteiger partial charge in [0.25, 0.3) is 11.8 Å². The van der Waals surface area contributed by atoms with Gasteiger partial charge in [-0.3, -0.25) is 14.4 Å². The summed E-state index contributed by atoms with van der Waals surface area (Å²) in [7, 11) is 0. The van der Waals surface area contributed by atoms with Gasteiger partial charge in [-0.2, -0.15) is 0 Å². The van der Waals surface area contributed by atoms with Crippen molar-refractivity contribution in [2.45, 2.75) is 45.4 Å². The second-order valence-corrected chi connectivity index (χ2v) is 10.5. The van der Waals surface area contributed by atoms with Crippen molar-refractivity contribution in [3.63, 3.8) is 0 Å². The minimum Gasteiger partial charge on any atom is -0.312 e. The number of benzene rings is 4. The molecule has 6 rings (SSSR count). The summed E-state index contributed by atoms with van der Waals surface area (Å²) in [5, 5.41) is 0. The summed E-state index contributed by atoms with van der Waals surface area (Å²) in [5.74, 6) is -0.977. The summed E-state index contributed by atoms with van der Waals surface area (Å²) in [4.78, 5) is 43.5. The van der Waals surface area contributed by atoms with Crippen LogP contribution in [0, 0.1) is 0 Å². The Morgan fingerprint density at radius 3 is 2.00 bits per heavy atom. The number of hydrogen-bond donors (Lipinski definition) is 0. The Balaban J connectivity index is 1.36. The van der Waals surface area contributed by atoms with Crippen molar-refractivity contribution < 1.29 is 14.4 Å².